The molecule has 8 nitrogen and oxygen atoms in total. The summed E-state index contributed by atoms with van der Waals surface area (Å²) in [5.74, 6) is -0.831. The molecule has 0 saturated carbocycles. The highest BCUT2D eigenvalue weighted by Gasteiger charge is 2.25. The fraction of sp³-hybridized carbons (Fsp3) is 0.423. The van der Waals surface area contributed by atoms with Gasteiger partial charge in [-0.25, -0.2) is 4.39 Å². The first-order valence-corrected chi connectivity index (χ1v) is 11.7. The summed E-state index contributed by atoms with van der Waals surface area (Å²) in [6, 6.07) is 8.10. The minimum Gasteiger partial charge on any atom is -0.379 e. The predicted octanol–water partition coefficient (Wildman–Crippen LogP) is 2.70. The summed E-state index contributed by atoms with van der Waals surface area (Å²) in [7, 11) is 1.61. The summed E-state index contributed by atoms with van der Waals surface area (Å²) in [5.41, 5.74) is 4.73. The van der Waals surface area contributed by atoms with E-state index < -0.39 is 23.9 Å². The Morgan fingerprint density at radius 1 is 1.37 bits per heavy atom. The summed E-state index contributed by atoms with van der Waals surface area (Å²) >= 11 is 0. The number of halogens is 1. The number of fused-ring (bicyclic) bond motifs is 1. The van der Waals surface area contributed by atoms with E-state index in [9.17, 15) is 10.1 Å². The van der Waals surface area contributed by atoms with Gasteiger partial charge in [-0.05, 0) is 50.1 Å². The number of ether oxygens (including phenoxy) is 2. The smallest absolute Gasteiger partial charge is 0.251 e. The number of nitriles is 1. The molecule has 9 heteroatoms. The molecule has 0 spiro atoms. The van der Waals surface area contributed by atoms with Gasteiger partial charge in [0.2, 0.25) is 0 Å². The molecule has 2 aromatic heterocycles. The van der Waals surface area contributed by atoms with E-state index in [4.69, 9.17) is 9.47 Å². The molecule has 4 rings (SSSR count). The van der Waals surface area contributed by atoms with Gasteiger partial charge < -0.3 is 24.5 Å². The number of rotatable bonds is 6. The molecule has 0 unspecified atom stereocenters. The van der Waals surface area contributed by atoms with Crippen molar-refractivity contribution in [2.24, 2.45) is 0 Å². The van der Waals surface area contributed by atoms with E-state index in [1.54, 1.807) is 13.2 Å². The maximum Gasteiger partial charge on any atom is 0.251 e. The van der Waals surface area contributed by atoms with Gasteiger partial charge in [0, 0.05) is 38.0 Å². The van der Waals surface area contributed by atoms with Crippen LogP contribution in [-0.2, 0) is 20.7 Å². The van der Waals surface area contributed by atoms with E-state index in [1.807, 2.05) is 42.8 Å². The van der Waals surface area contributed by atoms with Crippen LogP contribution in [0.15, 0.2) is 36.7 Å². The monoisotopic (exact) mass is 479 g/mol. The van der Waals surface area contributed by atoms with Gasteiger partial charge in [-0.2, -0.15) is 5.26 Å². The molecule has 1 aliphatic heterocycles. The van der Waals surface area contributed by atoms with E-state index in [-0.39, 0.29) is 12.5 Å². The van der Waals surface area contributed by atoms with Gasteiger partial charge in [-0.3, -0.25) is 9.78 Å². The zero-order valence-corrected chi connectivity index (χ0v) is 20.2. The number of carbonyl (C=O) groups is 1. The first-order valence-electron chi connectivity index (χ1n) is 11.7. The van der Waals surface area contributed by atoms with E-state index in [1.165, 1.54) is 6.07 Å². The molecule has 1 aromatic carbocycles. The Balaban J connectivity index is 1.44. The second-order valence-corrected chi connectivity index (χ2v) is 8.86. The molecule has 3 atom stereocenters. The molecule has 1 saturated heterocycles. The SMILES string of the molecule is CO[C@@H]1CCNC[C@@H](C(=O)N[C@H](C#N)Cc2ccc(-c3cc4c(C)nc(C)cn4c3)cc2F)OC1. The van der Waals surface area contributed by atoms with Crippen molar-refractivity contribution in [3.63, 3.8) is 0 Å². The Bertz CT molecular complexity index is 1250. The van der Waals surface area contributed by atoms with Gasteiger partial charge >= 0.3 is 0 Å². The summed E-state index contributed by atoms with van der Waals surface area (Å²) in [5, 5.41) is 15.4. The van der Waals surface area contributed by atoms with Gasteiger partial charge in [0.25, 0.3) is 5.91 Å². The van der Waals surface area contributed by atoms with Gasteiger partial charge in [0.1, 0.15) is 18.0 Å². The lowest BCUT2D eigenvalue weighted by Crippen LogP contribution is -2.49. The molecule has 3 heterocycles. The van der Waals surface area contributed by atoms with Crippen molar-refractivity contribution >= 4 is 11.4 Å². The van der Waals surface area contributed by atoms with Crippen LogP contribution in [0.3, 0.4) is 0 Å². The summed E-state index contributed by atoms with van der Waals surface area (Å²) < 4.78 is 28.0. The van der Waals surface area contributed by atoms with E-state index in [0.717, 1.165) is 34.5 Å². The molecule has 1 fully saturated rings. The number of amides is 1. The molecule has 1 amide bonds. The molecule has 0 radical (unpaired) electrons. The van der Waals surface area contributed by atoms with E-state index in [2.05, 4.69) is 21.7 Å². The zero-order valence-electron chi connectivity index (χ0n) is 20.2. The lowest BCUT2D eigenvalue weighted by Gasteiger charge is -2.25. The van der Waals surface area contributed by atoms with Crippen molar-refractivity contribution in [1.82, 2.24) is 20.0 Å². The normalized spacial score (nSPS) is 19.5. The van der Waals surface area contributed by atoms with Crippen LogP contribution in [0.5, 0.6) is 0 Å². The largest absolute Gasteiger partial charge is 0.379 e. The second kappa shape index (κ2) is 11.0. The first kappa shape index (κ1) is 24.8. The summed E-state index contributed by atoms with van der Waals surface area (Å²) in [6.45, 7) is 5.22. The lowest BCUT2D eigenvalue weighted by atomic mass is 10.0. The third kappa shape index (κ3) is 5.85. The van der Waals surface area contributed by atoms with Crippen LogP contribution in [0, 0.1) is 31.0 Å². The number of aromatic nitrogens is 2. The molecular formula is C26H30FN5O3. The van der Waals surface area contributed by atoms with Crippen LogP contribution >= 0.6 is 0 Å². The minimum atomic E-state index is -0.885. The fourth-order valence-corrected chi connectivity index (χ4v) is 4.31. The average molecular weight is 480 g/mol. The van der Waals surface area contributed by atoms with Crippen molar-refractivity contribution in [2.75, 3.05) is 26.8 Å². The molecule has 3 aromatic rings. The fourth-order valence-electron chi connectivity index (χ4n) is 4.31. The number of benzene rings is 1. The first-order chi connectivity index (χ1) is 16.9. The Labute approximate surface area is 204 Å². The maximum atomic E-state index is 15.0. The van der Waals surface area contributed by atoms with Crippen molar-refractivity contribution in [2.45, 2.75) is 44.9 Å². The number of nitrogens with zero attached hydrogens (tertiary/aromatic N) is 3. The minimum absolute atomic E-state index is 0.0508. The van der Waals surface area contributed by atoms with Crippen LogP contribution < -0.4 is 10.6 Å². The number of methoxy groups -OCH3 is 1. The van der Waals surface area contributed by atoms with Crippen molar-refractivity contribution < 1.29 is 18.7 Å². The molecule has 0 aliphatic carbocycles. The highest BCUT2D eigenvalue weighted by Crippen LogP contribution is 2.26. The average Bonchev–Trinajstić information content (AvgIpc) is 3.24. The Morgan fingerprint density at radius 3 is 2.94 bits per heavy atom. The van der Waals surface area contributed by atoms with Crippen molar-refractivity contribution in [3.8, 4) is 17.2 Å². The maximum absolute atomic E-state index is 15.0. The van der Waals surface area contributed by atoms with Crippen LogP contribution in [0.1, 0.15) is 23.4 Å². The predicted molar refractivity (Wildman–Crippen MR) is 129 cm³/mol. The number of carbonyl (C=O) groups excluding carboxylic acids is 1. The Kier molecular flexibility index (Phi) is 7.76. The standard InChI is InChI=1S/C26H30FN5O3/c1-16-13-32-14-20(10-24(32)17(2)30-16)18-4-5-19(23(27)9-18)8-21(11-28)31-26(33)25-12-29-7-6-22(34-3)15-35-25/h4-5,9-10,13-14,21-22,25,29H,6-8,12,15H2,1-3H3,(H,31,33)/t21-,22+,25-/m0/s1. The molecule has 184 valence electrons. The molecule has 2 N–H and O–H groups in total. The Hall–Kier alpha value is -3.32. The van der Waals surface area contributed by atoms with Crippen LogP contribution in [0.4, 0.5) is 4.39 Å². The van der Waals surface area contributed by atoms with Crippen LogP contribution in [-0.4, -0.2) is 60.3 Å². The summed E-state index contributed by atoms with van der Waals surface area (Å²) in [4.78, 5) is 17.2. The summed E-state index contributed by atoms with van der Waals surface area (Å²) in [6.07, 6.45) is 3.87. The van der Waals surface area contributed by atoms with Gasteiger partial charge in [0.15, 0.2) is 0 Å². The van der Waals surface area contributed by atoms with E-state index >= 15 is 4.39 Å². The highest BCUT2D eigenvalue weighted by molar-refractivity contribution is 5.81. The third-order valence-corrected chi connectivity index (χ3v) is 6.25. The molecule has 35 heavy (non-hydrogen) atoms. The number of aryl methyl sites for hydroxylation is 2. The van der Waals surface area contributed by atoms with Crippen molar-refractivity contribution in [3.05, 3.63) is 59.4 Å². The lowest BCUT2D eigenvalue weighted by molar-refractivity contribution is -0.136. The van der Waals surface area contributed by atoms with Gasteiger partial charge in [-0.1, -0.05) is 12.1 Å². The Morgan fingerprint density at radius 2 is 2.20 bits per heavy atom. The van der Waals surface area contributed by atoms with E-state index in [0.29, 0.717) is 25.3 Å². The molecule has 1 aliphatic rings. The van der Waals surface area contributed by atoms with Crippen LogP contribution in [0.2, 0.25) is 0 Å². The molecular weight excluding hydrogens is 449 g/mol. The third-order valence-electron chi connectivity index (χ3n) is 6.25. The quantitative estimate of drug-likeness (QED) is 0.564. The van der Waals surface area contributed by atoms with Crippen molar-refractivity contribution in [1.29, 1.82) is 5.26 Å². The number of nitrogens with one attached hydrogen (secondary N) is 2. The van der Waals surface area contributed by atoms with Gasteiger partial charge in [-0.15, -0.1) is 0 Å². The van der Waals surface area contributed by atoms with Crippen LogP contribution in [0.25, 0.3) is 16.6 Å². The zero-order chi connectivity index (χ0) is 24.9. The topological polar surface area (TPSA) is 101 Å². The highest BCUT2D eigenvalue weighted by atomic mass is 19.1. The molecule has 0 bridgehead atoms. The van der Waals surface area contributed by atoms with Gasteiger partial charge in [0.05, 0.1) is 35.7 Å². The number of hydrogen-bond acceptors (Lipinski definition) is 6. The number of hydrogen-bond donors (Lipinski definition) is 2. The second-order valence-electron chi connectivity index (χ2n) is 8.86.